The molecule has 5 heteroatoms. The number of imide groups is 1. The van der Waals surface area contributed by atoms with Crippen LogP contribution in [0.25, 0.3) is 0 Å². The van der Waals surface area contributed by atoms with Crippen LogP contribution in [-0.2, 0) is 19.2 Å². The summed E-state index contributed by atoms with van der Waals surface area (Å²) in [6.45, 7) is 2.91. The van der Waals surface area contributed by atoms with Gasteiger partial charge in [0.25, 0.3) is 12.3 Å². The molecular formula is C7H11NO4. The summed E-state index contributed by atoms with van der Waals surface area (Å²) >= 11 is 0. The van der Waals surface area contributed by atoms with E-state index in [1.807, 2.05) is 0 Å². The maximum atomic E-state index is 10.9. The molecule has 0 aliphatic heterocycles. The number of carbonyl (C=O) groups is 3. The van der Waals surface area contributed by atoms with Gasteiger partial charge < -0.3 is 4.84 Å². The first-order valence-corrected chi connectivity index (χ1v) is 3.57. The van der Waals surface area contributed by atoms with E-state index in [0.717, 1.165) is 6.92 Å². The van der Waals surface area contributed by atoms with Gasteiger partial charge in [-0.2, -0.15) is 0 Å². The number of hydroxylamine groups is 2. The Morgan fingerprint density at radius 1 is 1.50 bits per heavy atom. The number of nitrogens with zero attached hydrogens (tertiary/aromatic N) is 1. The van der Waals surface area contributed by atoms with Gasteiger partial charge in [-0.25, -0.2) is 4.79 Å². The van der Waals surface area contributed by atoms with Crippen LogP contribution in [0.5, 0.6) is 0 Å². The number of hydrogen-bond acceptors (Lipinski definition) is 4. The lowest BCUT2D eigenvalue weighted by Crippen LogP contribution is -2.31. The van der Waals surface area contributed by atoms with Crippen LogP contribution < -0.4 is 0 Å². The van der Waals surface area contributed by atoms with E-state index >= 15 is 0 Å². The van der Waals surface area contributed by atoms with E-state index in [4.69, 9.17) is 0 Å². The molecule has 0 radical (unpaired) electrons. The molecule has 0 rings (SSSR count). The Balaban J connectivity index is 4.05. The SMILES string of the molecule is CCCC(=O)N(C=O)OC(C)=O. The standard InChI is InChI=1S/C7H11NO4/c1-3-4-7(11)8(5-9)12-6(2)10/h5H,3-4H2,1-2H3. The Kier molecular flexibility index (Phi) is 4.67. The molecule has 2 amide bonds. The molecule has 0 aliphatic carbocycles. The molecule has 0 fully saturated rings. The minimum absolute atomic E-state index is 0.180. The van der Waals surface area contributed by atoms with Crippen LogP contribution in [0.1, 0.15) is 26.7 Å². The Morgan fingerprint density at radius 3 is 2.42 bits per heavy atom. The van der Waals surface area contributed by atoms with Crippen molar-refractivity contribution in [3.63, 3.8) is 0 Å². The highest BCUT2D eigenvalue weighted by molar-refractivity contribution is 5.86. The second-order valence-electron chi connectivity index (χ2n) is 2.16. The van der Waals surface area contributed by atoms with Crippen LogP contribution in [0, 0.1) is 0 Å². The van der Waals surface area contributed by atoms with Gasteiger partial charge in [-0.05, 0) is 6.42 Å². The van der Waals surface area contributed by atoms with Crippen molar-refractivity contribution in [3.05, 3.63) is 0 Å². The van der Waals surface area contributed by atoms with Crippen LogP contribution in [0.3, 0.4) is 0 Å². The lowest BCUT2D eigenvalue weighted by atomic mass is 10.3. The third-order valence-corrected chi connectivity index (χ3v) is 1.03. The van der Waals surface area contributed by atoms with E-state index in [1.165, 1.54) is 0 Å². The Bertz CT molecular complexity index is 190. The largest absolute Gasteiger partial charge is 0.331 e. The second-order valence-corrected chi connectivity index (χ2v) is 2.16. The van der Waals surface area contributed by atoms with Gasteiger partial charge in [0, 0.05) is 13.3 Å². The zero-order valence-corrected chi connectivity index (χ0v) is 7.07. The summed E-state index contributed by atoms with van der Waals surface area (Å²) in [5.74, 6) is -1.20. The quantitative estimate of drug-likeness (QED) is 0.453. The second kappa shape index (κ2) is 5.29. The molecule has 0 heterocycles. The predicted molar refractivity (Wildman–Crippen MR) is 39.6 cm³/mol. The summed E-state index contributed by atoms with van der Waals surface area (Å²) in [6.07, 6.45) is 0.968. The summed E-state index contributed by atoms with van der Waals surface area (Å²) in [5.41, 5.74) is 0. The summed E-state index contributed by atoms with van der Waals surface area (Å²) < 4.78 is 0. The van der Waals surface area contributed by atoms with Gasteiger partial charge in [-0.1, -0.05) is 6.92 Å². The Hall–Kier alpha value is -1.39. The molecule has 0 saturated carbocycles. The van der Waals surface area contributed by atoms with Crippen molar-refractivity contribution in [2.45, 2.75) is 26.7 Å². The average molecular weight is 173 g/mol. The molecule has 0 bridgehead atoms. The van der Waals surface area contributed by atoms with Crippen molar-refractivity contribution < 1.29 is 19.2 Å². The average Bonchev–Trinajstić information content (AvgIpc) is 2.00. The molecule has 0 unspecified atom stereocenters. The van der Waals surface area contributed by atoms with Gasteiger partial charge in [-0.3, -0.25) is 9.59 Å². The molecule has 0 N–H and O–H groups in total. The maximum Gasteiger partial charge on any atom is 0.330 e. The molecule has 12 heavy (non-hydrogen) atoms. The zero-order valence-electron chi connectivity index (χ0n) is 7.07. The maximum absolute atomic E-state index is 10.9. The molecule has 68 valence electrons. The van der Waals surface area contributed by atoms with E-state index < -0.39 is 11.9 Å². The smallest absolute Gasteiger partial charge is 0.330 e. The van der Waals surface area contributed by atoms with Crippen molar-refractivity contribution in [2.24, 2.45) is 0 Å². The fourth-order valence-corrected chi connectivity index (χ4v) is 0.594. The van der Waals surface area contributed by atoms with Crippen LogP contribution in [0.4, 0.5) is 0 Å². The number of rotatable bonds is 3. The summed E-state index contributed by atoms with van der Waals surface area (Å²) in [4.78, 5) is 35.7. The van der Waals surface area contributed by atoms with Gasteiger partial charge in [0.1, 0.15) is 0 Å². The van der Waals surface area contributed by atoms with Crippen molar-refractivity contribution >= 4 is 18.3 Å². The first-order chi connectivity index (χ1) is 5.61. The predicted octanol–water partition coefficient (Wildman–Crippen LogP) is 0.250. The molecule has 0 aromatic rings. The van der Waals surface area contributed by atoms with Crippen LogP contribution >= 0.6 is 0 Å². The minimum Gasteiger partial charge on any atom is -0.331 e. The summed E-state index contributed by atoms with van der Waals surface area (Å²) in [6, 6.07) is 0. The topological polar surface area (TPSA) is 63.7 Å². The monoisotopic (exact) mass is 173 g/mol. The normalized spacial score (nSPS) is 8.83. The molecule has 0 aliphatic rings. The van der Waals surface area contributed by atoms with E-state index in [2.05, 4.69) is 4.84 Å². The molecular weight excluding hydrogens is 162 g/mol. The van der Waals surface area contributed by atoms with Gasteiger partial charge >= 0.3 is 5.97 Å². The van der Waals surface area contributed by atoms with E-state index in [1.54, 1.807) is 6.92 Å². The van der Waals surface area contributed by atoms with Crippen molar-refractivity contribution in [1.82, 2.24) is 5.06 Å². The van der Waals surface area contributed by atoms with Crippen molar-refractivity contribution in [2.75, 3.05) is 0 Å². The highest BCUT2D eigenvalue weighted by Crippen LogP contribution is 1.95. The molecule has 0 atom stereocenters. The van der Waals surface area contributed by atoms with Gasteiger partial charge in [0.05, 0.1) is 0 Å². The number of carbonyl (C=O) groups excluding carboxylic acids is 3. The number of amides is 2. The van der Waals surface area contributed by atoms with Crippen molar-refractivity contribution in [1.29, 1.82) is 0 Å². The lowest BCUT2D eigenvalue weighted by molar-refractivity contribution is -0.194. The lowest BCUT2D eigenvalue weighted by Gasteiger charge is -2.11. The molecule has 0 aromatic heterocycles. The van der Waals surface area contributed by atoms with Gasteiger partial charge in [-0.15, -0.1) is 5.06 Å². The van der Waals surface area contributed by atoms with E-state index in [-0.39, 0.29) is 12.8 Å². The minimum atomic E-state index is -0.688. The van der Waals surface area contributed by atoms with E-state index in [9.17, 15) is 14.4 Å². The Morgan fingerprint density at radius 2 is 2.08 bits per heavy atom. The number of hydrogen-bond donors (Lipinski definition) is 0. The first kappa shape index (κ1) is 10.6. The zero-order chi connectivity index (χ0) is 9.56. The highest BCUT2D eigenvalue weighted by Gasteiger charge is 2.14. The fourth-order valence-electron chi connectivity index (χ4n) is 0.594. The van der Waals surface area contributed by atoms with Crippen LogP contribution in [0.15, 0.2) is 0 Å². The third-order valence-electron chi connectivity index (χ3n) is 1.03. The van der Waals surface area contributed by atoms with E-state index in [0.29, 0.717) is 11.5 Å². The molecule has 0 spiro atoms. The van der Waals surface area contributed by atoms with Crippen LogP contribution in [-0.4, -0.2) is 23.3 Å². The summed E-state index contributed by atoms with van der Waals surface area (Å²) in [7, 11) is 0. The van der Waals surface area contributed by atoms with Crippen LogP contribution in [0.2, 0.25) is 0 Å². The molecule has 5 nitrogen and oxygen atoms in total. The van der Waals surface area contributed by atoms with Gasteiger partial charge in [0.15, 0.2) is 0 Å². The third kappa shape index (κ3) is 3.70. The van der Waals surface area contributed by atoms with Gasteiger partial charge in [0.2, 0.25) is 0 Å². The highest BCUT2D eigenvalue weighted by atomic mass is 16.7. The Labute approximate surface area is 70.2 Å². The van der Waals surface area contributed by atoms with Crippen molar-refractivity contribution in [3.8, 4) is 0 Å². The molecule has 0 aromatic carbocycles. The first-order valence-electron chi connectivity index (χ1n) is 3.57. The summed E-state index contributed by atoms with van der Waals surface area (Å²) in [5, 5.41) is 0.409. The molecule has 0 saturated heterocycles. The fraction of sp³-hybridized carbons (Fsp3) is 0.571.